The quantitative estimate of drug-likeness (QED) is 0.855. The molecule has 0 heterocycles. The van der Waals surface area contributed by atoms with E-state index in [1.54, 1.807) is 0 Å². The smallest absolute Gasteiger partial charge is 0.224 e. The molecule has 90 valence electrons. The summed E-state index contributed by atoms with van der Waals surface area (Å²) in [6.07, 6.45) is 2.64. The van der Waals surface area contributed by atoms with Gasteiger partial charge in [-0.1, -0.05) is 12.1 Å². The molecule has 0 saturated heterocycles. The van der Waals surface area contributed by atoms with Crippen LogP contribution in [0.5, 0.6) is 0 Å². The van der Waals surface area contributed by atoms with E-state index in [2.05, 4.69) is 27.9 Å². The summed E-state index contributed by atoms with van der Waals surface area (Å²) >= 11 is 2.23. The highest BCUT2D eigenvalue weighted by atomic mass is 127. The number of nitrogens with one attached hydrogen (secondary N) is 1. The van der Waals surface area contributed by atoms with Crippen molar-refractivity contribution in [1.29, 1.82) is 0 Å². The summed E-state index contributed by atoms with van der Waals surface area (Å²) < 4.78 is 1.15. The van der Waals surface area contributed by atoms with Gasteiger partial charge in [-0.3, -0.25) is 9.59 Å². The van der Waals surface area contributed by atoms with Crippen LogP contribution < -0.4 is 5.32 Å². The van der Waals surface area contributed by atoms with Crippen molar-refractivity contribution in [2.75, 3.05) is 0 Å². The topological polar surface area (TPSA) is 46.2 Å². The molecule has 17 heavy (non-hydrogen) atoms. The standard InChI is InChI=1S/C13H14INO2/c14-10-6-4-9(5-7-10)8-13(17)15-11-2-1-3-12(11)16/h4-7,11H,1-3,8H2,(H,15,17). The van der Waals surface area contributed by atoms with Crippen LogP contribution in [0, 0.1) is 3.57 Å². The summed E-state index contributed by atoms with van der Waals surface area (Å²) in [4.78, 5) is 23.1. The maximum Gasteiger partial charge on any atom is 0.224 e. The molecule has 1 saturated carbocycles. The second kappa shape index (κ2) is 5.62. The number of carbonyl (C=O) groups is 2. The zero-order valence-electron chi connectivity index (χ0n) is 9.41. The Morgan fingerprint density at radius 2 is 2.06 bits per heavy atom. The number of benzene rings is 1. The van der Waals surface area contributed by atoms with Gasteiger partial charge in [0.05, 0.1) is 12.5 Å². The Hall–Kier alpha value is -0.910. The lowest BCUT2D eigenvalue weighted by Gasteiger charge is -2.10. The minimum Gasteiger partial charge on any atom is -0.346 e. The zero-order chi connectivity index (χ0) is 12.3. The highest BCUT2D eigenvalue weighted by Crippen LogP contribution is 2.14. The van der Waals surface area contributed by atoms with E-state index in [-0.39, 0.29) is 17.7 Å². The number of hydrogen-bond donors (Lipinski definition) is 1. The molecule has 3 nitrogen and oxygen atoms in total. The van der Waals surface area contributed by atoms with Crippen LogP contribution in [0.2, 0.25) is 0 Å². The number of Topliss-reactive ketones (excluding diaryl/α,β-unsaturated/α-hetero) is 1. The van der Waals surface area contributed by atoms with Crippen LogP contribution in [0.3, 0.4) is 0 Å². The average Bonchev–Trinajstić information content (AvgIpc) is 2.68. The third-order valence-corrected chi connectivity index (χ3v) is 3.64. The summed E-state index contributed by atoms with van der Waals surface area (Å²) in [7, 11) is 0. The molecule has 1 amide bonds. The van der Waals surface area contributed by atoms with E-state index in [1.165, 1.54) is 0 Å². The zero-order valence-corrected chi connectivity index (χ0v) is 11.6. The molecule has 0 aliphatic heterocycles. The molecule has 1 aliphatic carbocycles. The Kier molecular flexibility index (Phi) is 4.15. The van der Waals surface area contributed by atoms with E-state index in [9.17, 15) is 9.59 Å². The molecule has 1 aromatic rings. The highest BCUT2D eigenvalue weighted by Gasteiger charge is 2.25. The number of amides is 1. The van der Waals surface area contributed by atoms with Gasteiger partial charge in [0.2, 0.25) is 5.91 Å². The van der Waals surface area contributed by atoms with Crippen LogP contribution in [0.4, 0.5) is 0 Å². The predicted octanol–water partition coefficient (Wildman–Crippen LogP) is 2.07. The Morgan fingerprint density at radius 3 is 2.65 bits per heavy atom. The summed E-state index contributed by atoms with van der Waals surface area (Å²) in [6.45, 7) is 0. The molecule has 1 atom stereocenters. The summed E-state index contributed by atoms with van der Waals surface area (Å²) in [6, 6.07) is 7.59. The molecule has 1 aromatic carbocycles. The Morgan fingerprint density at radius 1 is 1.35 bits per heavy atom. The molecule has 0 bridgehead atoms. The summed E-state index contributed by atoms with van der Waals surface area (Å²) in [5.74, 6) is 0.104. The second-order valence-electron chi connectivity index (χ2n) is 4.28. The van der Waals surface area contributed by atoms with E-state index >= 15 is 0 Å². The molecule has 1 unspecified atom stereocenters. The SMILES string of the molecule is O=C(Cc1ccc(I)cc1)NC1CCCC1=O. The maximum atomic E-state index is 11.7. The Labute approximate surface area is 114 Å². The minimum atomic E-state index is -0.244. The van der Waals surface area contributed by atoms with Gasteiger partial charge < -0.3 is 5.32 Å². The van der Waals surface area contributed by atoms with Gasteiger partial charge in [0, 0.05) is 9.99 Å². The molecular formula is C13H14INO2. The first-order chi connectivity index (χ1) is 8.15. The predicted molar refractivity (Wildman–Crippen MR) is 73.7 cm³/mol. The van der Waals surface area contributed by atoms with Crippen LogP contribution >= 0.6 is 22.6 Å². The monoisotopic (exact) mass is 343 g/mol. The van der Waals surface area contributed by atoms with Crippen molar-refractivity contribution < 1.29 is 9.59 Å². The van der Waals surface area contributed by atoms with Gasteiger partial charge in [-0.05, 0) is 53.1 Å². The van der Waals surface area contributed by atoms with Gasteiger partial charge in [0.1, 0.15) is 0 Å². The van der Waals surface area contributed by atoms with Gasteiger partial charge in [-0.2, -0.15) is 0 Å². The van der Waals surface area contributed by atoms with Crippen LogP contribution in [0.25, 0.3) is 0 Å². The average molecular weight is 343 g/mol. The van der Waals surface area contributed by atoms with Crippen LogP contribution in [-0.2, 0) is 16.0 Å². The van der Waals surface area contributed by atoms with Crippen molar-refractivity contribution in [3.05, 3.63) is 33.4 Å². The number of carbonyl (C=O) groups excluding carboxylic acids is 2. The summed E-state index contributed by atoms with van der Waals surface area (Å²) in [5.41, 5.74) is 0.980. The van der Waals surface area contributed by atoms with Gasteiger partial charge >= 0.3 is 0 Å². The van der Waals surface area contributed by atoms with Gasteiger partial charge in [-0.25, -0.2) is 0 Å². The number of ketones is 1. The normalized spacial score (nSPS) is 19.4. The van der Waals surface area contributed by atoms with Gasteiger partial charge in [0.25, 0.3) is 0 Å². The molecule has 1 aliphatic rings. The second-order valence-corrected chi connectivity index (χ2v) is 5.53. The molecule has 0 spiro atoms. The Bertz CT molecular complexity index is 428. The van der Waals surface area contributed by atoms with E-state index in [1.807, 2.05) is 24.3 Å². The Balaban J connectivity index is 1.88. The van der Waals surface area contributed by atoms with Gasteiger partial charge in [-0.15, -0.1) is 0 Å². The van der Waals surface area contributed by atoms with Crippen molar-refractivity contribution >= 4 is 34.3 Å². The molecule has 4 heteroatoms. The van der Waals surface area contributed by atoms with Crippen molar-refractivity contribution in [1.82, 2.24) is 5.32 Å². The first kappa shape index (κ1) is 12.5. The minimum absolute atomic E-state index is 0.0635. The molecule has 1 N–H and O–H groups in total. The maximum absolute atomic E-state index is 11.7. The molecule has 0 aromatic heterocycles. The third kappa shape index (κ3) is 3.52. The first-order valence-electron chi connectivity index (χ1n) is 5.71. The largest absolute Gasteiger partial charge is 0.346 e. The third-order valence-electron chi connectivity index (χ3n) is 2.92. The van der Waals surface area contributed by atoms with E-state index in [0.29, 0.717) is 12.8 Å². The van der Waals surface area contributed by atoms with E-state index in [4.69, 9.17) is 0 Å². The molecule has 2 rings (SSSR count). The van der Waals surface area contributed by atoms with Crippen molar-refractivity contribution in [2.45, 2.75) is 31.7 Å². The van der Waals surface area contributed by atoms with Crippen molar-refractivity contribution in [3.8, 4) is 0 Å². The molecular weight excluding hydrogens is 329 g/mol. The van der Waals surface area contributed by atoms with Crippen LogP contribution in [0.15, 0.2) is 24.3 Å². The van der Waals surface area contributed by atoms with Crippen LogP contribution in [-0.4, -0.2) is 17.7 Å². The molecule has 1 fully saturated rings. The highest BCUT2D eigenvalue weighted by molar-refractivity contribution is 14.1. The van der Waals surface area contributed by atoms with Gasteiger partial charge in [0.15, 0.2) is 5.78 Å². The number of halogens is 1. The van der Waals surface area contributed by atoms with Crippen molar-refractivity contribution in [3.63, 3.8) is 0 Å². The fourth-order valence-electron chi connectivity index (χ4n) is 2.00. The fourth-order valence-corrected chi connectivity index (χ4v) is 2.36. The summed E-state index contributed by atoms with van der Waals surface area (Å²) in [5, 5.41) is 2.80. The lowest BCUT2D eigenvalue weighted by Crippen LogP contribution is -2.38. The van der Waals surface area contributed by atoms with Crippen LogP contribution in [0.1, 0.15) is 24.8 Å². The lowest BCUT2D eigenvalue weighted by molar-refractivity contribution is -0.126. The molecule has 0 radical (unpaired) electrons. The van der Waals surface area contributed by atoms with Crippen molar-refractivity contribution in [2.24, 2.45) is 0 Å². The van der Waals surface area contributed by atoms with E-state index in [0.717, 1.165) is 22.0 Å². The number of hydrogen-bond acceptors (Lipinski definition) is 2. The number of rotatable bonds is 3. The first-order valence-corrected chi connectivity index (χ1v) is 6.79. The lowest BCUT2D eigenvalue weighted by atomic mass is 10.1. The van der Waals surface area contributed by atoms with E-state index < -0.39 is 0 Å². The fraction of sp³-hybridized carbons (Fsp3) is 0.385.